The second-order valence-electron chi connectivity index (χ2n) is 5.55. The molecule has 0 unspecified atom stereocenters. The van der Waals surface area contributed by atoms with Gasteiger partial charge in [0.2, 0.25) is 0 Å². The van der Waals surface area contributed by atoms with E-state index >= 15 is 0 Å². The molecule has 2 heterocycles. The van der Waals surface area contributed by atoms with Gasteiger partial charge in [0.15, 0.2) is 5.96 Å². The van der Waals surface area contributed by atoms with Crippen LogP contribution in [-0.4, -0.2) is 50.8 Å². The first-order valence-corrected chi connectivity index (χ1v) is 7.57. The summed E-state index contributed by atoms with van der Waals surface area (Å²) in [7, 11) is 3.36. The minimum absolute atomic E-state index is 0. The molecule has 1 fully saturated rings. The Bertz CT molecular complexity index is 514. The first kappa shape index (κ1) is 17.2. The van der Waals surface area contributed by atoms with Crippen LogP contribution in [-0.2, 0) is 6.42 Å². The Morgan fingerprint density at radius 1 is 1.23 bits per heavy atom. The van der Waals surface area contributed by atoms with Crippen molar-refractivity contribution >= 4 is 29.9 Å². The van der Waals surface area contributed by atoms with Gasteiger partial charge in [-0.2, -0.15) is 0 Å². The Hall–Kier alpha value is -1.18. The van der Waals surface area contributed by atoms with Gasteiger partial charge in [-0.25, -0.2) is 0 Å². The molecule has 1 atom stereocenters. The van der Waals surface area contributed by atoms with E-state index < -0.39 is 0 Å². The highest BCUT2D eigenvalue weighted by Gasteiger charge is 2.31. The molecule has 1 N–H and O–H groups in total. The van der Waals surface area contributed by atoms with Crippen LogP contribution in [0.2, 0.25) is 0 Å². The van der Waals surface area contributed by atoms with E-state index in [1.54, 1.807) is 14.2 Å². The van der Waals surface area contributed by atoms with E-state index in [4.69, 9.17) is 9.47 Å². The van der Waals surface area contributed by atoms with Gasteiger partial charge < -0.3 is 19.7 Å². The maximum atomic E-state index is 5.30. The number of aliphatic imine (C=N–C) groups is 1. The molecule has 5 nitrogen and oxygen atoms in total. The maximum Gasteiger partial charge on any atom is 0.194 e. The van der Waals surface area contributed by atoms with E-state index in [1.165, 1.54) is 18.4 Å². The molecule has 1 saturated heterocycles. The molecular weight excluding hydrogens is 393 g/mol. The molecule has 0 aromatic heterocycles. The van der Waals surface area contributed by atoms with Gasteiger partial charge >= 0.3 is 0 Å². The number of methoxy groups -OCH3 is 2. The molecule has 6 heteroatoms. The second kappa shape index (κ2) is 7.89. The smallest absolute Gasteiger partial charge is 0.194 e. The van der Waals surface area contributed by atoms with Crippen molar-refractivity contribution in [3.05, 3.63) is 23.8 Å². The van der Waals surface area contributed by atoms with Crippen molar-refractivity contribution in [2.24, 2.45) is 4.99 Å². The van der Waals surface area contributed by atoms with Crippen LogP contribution in [0, 0.1) is 0 Å². The van der Waals surface area contributed by atoms with E-state index in [0.29, 0.717) is 6.04 Å². The van der Waals surface area contributed by atoms with E-state index in [1.807, 2.05) is 6.07 Å². The fourth-order valence-corrected chi connectivity index (χ4v) is 3.07. The average Bonchev–Trinajstić information content (AvgIpc) is 3.11. The molecule has 2 aliphatic rings. The first-order valence-electron chi connectivity index (χ1n) is 7.57. The standard InChI is InChI=1S/C16H23N3O2.HI/c1-20-14-8-12(9-15(10-14)21-2)5-6-17-16-18-11-13-4-3-7-19(13)16;/h8-10,13H,3-7,11H2,1-2H3,(H,17,18);1H/t13-;/m1./s1. The van der Waals surface area contributed by atoms with Crippen molar-refractivity contribution in [1.29, 1.82) is 0 Å². The van der Waals surface area contributed by atoms with Crippen LogP contribution in [0.5, 0.6) is 11.5 Å². The lowest BCUT2D eigenvalue weighted by Gasteiger charge is -2.20. The predicted molar refractivity (Wildman–Crippen MR) is 98.7 cm³/mol. The average molecular weight is 417 g/mol. The van der Waals surface area contributed by atoms with Gasteiger partial charge in [-0.3, -0.25) is 4.99 Å². The van der Waals surface area contributed by atoms with Crippen molar-refractivity contribution in [3.8, 4) is 11.5 Å². The normalized spacial score (nSPS) is 19.3. The van der Waals surface area contributed by atoms with Gasteiger partial charge in [0.25, 0.3) is 0 Å². The molecule has 0 amide bonds. The quantitative estimate of drug-likeness (QED) is 0.747. The van der Waals surface area contributed by atoms with Gasteiger partial charge in [0.1, 0.15) is 11.5 Å². The lowest BCUT2D eigenvalue weighted by atomic mass is 10.1. The molecule has 0 aliphatic carbocycles. The van der Waals surface area contributed by atoms with Crippen molar-refractivity contribution in [2.45, 2.75) is 25.3 Å². The van der Waals surface area contributed by atoms with Crippen LogP contribution in [0.25, 0.3) is 0 Å². The molecular formula is C16H24IN3O2. The van der Waals surface area contributed by atoms with E-state index in [9.17, 15) is 0 Å². The summed E-state index contributed by atoms with van der Waals surface area (Å²) in [5.74, 6) is 2.75. The summed E-state index contributed by atoms with van der Waals surface area (Å²) >= 11 is 0. The number of halogens is 1. The monoisotopic (exact) mass is 417 g/mol. The van der Waals surface area contributed by atoms with Crippen LogP contribution in [0.3, 0.4) is 0 Å². The predicted octanol–water partition coefficient (Wildman–Crippen LogP) is 2.29. The third-order valence-electron chi connectivity index (χ3n) is 4.21. The third kappa shape index (κ3) is 3.77. The first-order chi connectivity index (χ1) is 10.3. The summed E-state index contributed by atoms with van der Waals surface area (Å²) in [5, 5.41) is 3.47. The summed E-state index contributed by atoms with van der Waals surface area (Å²) in [6, 6.07) is 6.65. The molecule has 0 spiro atoms. The molecule has 1 aromatic rings. The van der Waals surface area contributed by atoms with Gasteiger partial charge in [0.05, 0.1) is 26.8 Å². The number of hydrogen-bond acceptors (Lipinski definition) is 5. The largest absolute Gasteiger partial charge is 0.497 e. The van der Waals surface area contributed by atoms with E-state index in [2.05, 4.69) is 27.3 Å². The topological polar surface area (TPSA) is 46.1 Å². The zero-order chi connectivity index (χ0) is 14.7. The number of nitrogens with one attached hydrogen (secondary N) is 1. The summed E-state index contributed by atoms with van der Waals surface area (Å²) in [6.07, 6.45) is 3.49. The SMILES string of the molecule is COc1cc(CCNC2=NC[C@H]3CCCN23)cc(OC)c1.I. The van der Waals surface area contributed by atoms with Crippen molar-refractivity contribution in [1.82, 2.24) is 10.2 Å². The summed E-state index contributed by atoms with van der Waals surface area (Å²) < 4.78 is 10.6. The van der Waals surface area contributed by atoms with Crippen molar-refractivity contribution < 1.29 is 9.47 Å². The Morgan fingerprint density at radius 3 is 2.64 bits per heavy atom. The van der Waals surface area contributed by atoms with Crippen LogP contribution in [0.4, 0.5) is 0 Å². The lowest BCUT2D eigenvalue weighted by Crippen LogP contribution is -2.40. The molecule has 0 saturated carbocycles. The van der Waals surface area contributed by atoms with E-state index in [0.717, 1.165) is 43.5 Å². The van der Waals surface area contributed by atoms with Crippen molar-refractivity contribution in [3.63, 3.8) is 0 Å². The molecule has 122 valence electrons. The number of fused-ring (bicyclic) bond motifs is 1. The Balaban J connectivity index is 0.00000176. The molecule has 2 aliphatic heterocycles. The fourth-order valence-electron chi connectivity index (χ4n) is 3.07. The number of ether oxygens (including phenoxy) is 2. The number of benzene rings is 1. The summed E-state index contributed by atoms with van der Waals surface area (Å²) in [4.78, 5) is 7.01. The molecule has 3 rings (SSSR count). The van der Waals surface area contributed by atoms with Gasteiger partial charge in [-0.1, -0.05) is 0 Å². The van der Waals surface area contributed by atoms with Crippen LogP contribution >= 0.6 is 24.0 Å². The fraction of sp³-hybridized carbons (Fsp3) is 0.562. The van der Waals surface area contributed by atoms with Gasteiger partial charge in [-0.15, -0.1) is 24.0 Å². The summed E-state index contributed by atoms with van der Waals surface area (Å²) in [5.41, 5.74) is 1.20. The highest BCUT2D eigenvalue weighted by atomic mass is 127. The number of rotatable bonds is 5. The highest BCUT2D eigenvalue weighted by molar-refractivity contribution is 14.0. The third-order valence-corrected chi connectivity index (χ3v) is 4.21. The molecule has 22 heavy (non-hydrogen) atoms. The maximum absolute atomic E-state index is 5.30. The number of hydrogen-bond donors (Lipinski definition) is 1. The molecule has 1 aromatic carbocycles. The van der Waals surface area contributed by atoms with Crippen LogP contribution in [0.15, 0.2) is 23.2 Å². The Kier molecular flexibility index (Phi) is 6.16. The molecule has 0 bridgehead atoms. The Labute approximate surface area is 149 Å². The van der Waals surface area contributed by atoms with Crippen molar-refractivity contribution in [2.75, 3.05) is 33.9 Å². The van der Waals surface area contributed by atoms with Gasteiger partial charge in [-0.05, 0) is 37.0 Å². The number of guanidine groups is 1. The summed E-state index contributed by atoms with van der Waals surface area (Å²) in [6.45, 7) is 2.97. The zero-order valence-electron chi connectivity index (χ0n) is 13.2. The van der Waals surface area contributed by atoms with Crippen LogP contribution in [0.1, 0.15) is 18.4 Å². The number of nitrogens with zero attached hydrogens (tertiary/aromatic N) is 2. The minimum Gasteiger partial charge on any atom is -0.497 e. The van der Waals surface area contributed by atoms with Crippen LogP contribution < -0.4 is 14.8 Å². The van der Waals surface area contributed by atoms with Gasteiger partial charge in [0, 0.05) is 19.2 Å². The Morgan fingerprint density at radius 2 is 1.95 bits per heavy atom. The zero-order valence-corrected chi connectivity index (χ0v) is 15.5. The second-order valence-corrected chi connectivity index (χ2v) is 5.55. The minimum atomic E-state index is 0. The molecule has 0 radical (unpaired) electrons. The van der Waals surface area contributed by atoms with E-state index in [-0.39, 0.29) is 24.0 Å². The lowest BCUT2D eigenvalue weighted by molar-refractivity contribution is 0.393. The highest BCUT2D eigenvalue weighted by Crippen LogP contribution is 2.23.